The zero-order chi connectivity index (χ0) is 10.7. The Kier molecular flexibility index (Phi) is 5.52. The number of ether oxygens (including phenoxy) is 1. The van der Waals surface area contributed by atoms with Gasteiger partial charge in [-0.05, 0) is 26.2 Å². The molecular weight excluding hydrogens is 228 g/mol. The summed E-state index contributed by atoms with van der Waals surface area (Å²) in [4.78, 5) is 14.1. The van der Waals surface area contributed by atoms with E-state index in [0.29, 0.717) is 6.04 Å². The van der Waals surface area contributed by atoms with Gasteiger partial charge in [0, 0.05) is 32.3 Å². The van der Waals surface area contributed by atoms with Crippen LogP contribution in [0.4, 0.5) is 0 Å². The highest BCUT2D eigenvalue weighted by molar-refractivity contribution is 5.85. The largest absolute Gasteiger partial charge is 0.368 e. The van der Waals surface area contributed by atoms with Gasteiger partial charge in [-0.15, -0.1) is 12.4 Å². The van der Waals surface area contributed by atoms with Crippen molar-refractivity contribution < 1.29 is 9.53 Å². The predicted octanol–water partition coefficient (Wildman–Crippen LogP) is 0.798. The van der Waals surface area contributed by atoms with E-state index >= 15 is 0 Å². The smallest absolute Gasteiger partial charge is 0.252 e. The Morgan fingerprint density at radius 2 is 2.25 bits per heavy atom. The molecule has 0 radical (unpaired) electrons. The molecule has 2 aliphatic rings. The second kappa shape index (κ2) is 6.42. The molecule has 16 heavy (non-hydrogen) atoms. The second-order valence-corrected chi connectivity index (χ2v) is 4.44. The minimum atomic E-state index is -0.167. The van der Waals surface area contributed by atoms with Crippen molar-refractivity contribution in [3.05, 3.63) is 0 Å². The molecule has 0 spiro atoms. The van der Waals surface area contributed by atoms with Gasteiger partial charge < -0.3 is 15.0 Å². The summed E-state index contributed by atoms with van der Waals surface area (Å²) in [6.07, 6.45) is 2.95. The van der Waals surface area contributed by atoms with E-state index in [2.05, 4.69) is 12.2 Å². The molecule has 0 aliphatic carbocycles. The fourth-order valence-electron chi connectivity index (χ4n) is 2.29. The van der Waals surface area contributed by atoms with Crippen molar-refractivity contribution in [2.75, 3.05) is 26.2 Å². The molecular formula is C11H21ClN2O2. The molecule has 4 nitrogen and oxygen atoms in total. The Labute approximate surface area is 103 Å². The lowest BCUT2D eigenvalue weighted by Gasteiger charge is -2.37. The molecule has 1 unspecified atom stereocenters. The summed E-state index contributed by atoms with van der Waals surface area (Å²) in [5.74, 6) is 0.198. The van der Waals surface area contributed by atoms with Crippen molar-refractivity contribution in [3.8, 4) is 0 Å². The summed E-state index contributed by atoms with van der Waals surface area (Å²) in [5.41, 5.74) is 0. The average molecular weight is 249 g/mol. The molecule has 0 saturated carbocycles. The van der Waals surface area contributed by atoms with Gasteiger partial charge in [0.05, 0.1) is 0 Å². The Bertz CT molecular complexity index is 232. The number of rotatable bonds is 1. The van der Waals surface area contributed by atoms with E-state index in [9.17, 15) is 4.79 Å². The van der Waals surface area contributed by atoms with Crippen molar-refractivity contribution in [2.24, 2.45) is 0 Å². The molecule has 2 saturated heterocycles. The summed E-state index contributed by atoms with van der Waals surface area (Å²) in [6.45, 7) is 5.46. The van der Waals surface area contributed by atoms with Gasteiger partial charge in [-0.25, -0.2) is 0 Å². The van der Waals surface area contributed by atoms with Crippen LogP contribution in [0.25, 0.3) is 0 Å². The van der Waals surface area contributed by atoms with E-state index in [1.54, 1.807) is 0 Å². The minimum Gasteiger partial charge on any atom is -0.368 e. The molecule has 94 valence electrons. The number of piperazine rings is 1. The van der Waals surface area contributed by atoms with Crippen molar-refractivity contribution in [1.29, 1.82) is 0 Å². The minimum absolute atomic E-state index is 0. The second-order valence-electron chi connectivity index (χ2n) is 4.44. The predicted molar refractivity (Wildman–Crippen MR) is 64.9 cm³/mol. The molecule has 0 aromatic heterocycles. The summed E-state index contributed by atoms with van der Waals surface area (Å²) >= 11 is 0. The van der Waals surface area contributed by atoms with Crippen molar-refractivity contribution in [1.82, 2.24) is 10.2 Å². The van der Waals surface area contributed by atoms with Crippen molar-refractivity contribution in [2.45, 2.75) is 38.3 Å². The molecule has 1 amide bonds. The number of hydrogen-bond donors (Lipinski definition) is 1. The van der Waals surface area contributed by atoms with Gasteiger partial charge in [0.15, 0.2) is 0 Å². The Balaban J connectivity index is 0.00000128. The summed E-state index contributed by atoms with van der Waals surface area (Å²) in [5, 5.41) is 3.29. The van der Waals surface area contributed by atoms with E-state index in [0.717, 1.165) is 45.5 Å². The zero-order valence-electron chi connectivity index (χ0n) is 9.78. The van der Waals surface area contributed by atoms with Gasteiger partial charge >= 0.3 is 0 Å². The first kappa shape index (κ1) is 13.7. The summed E-state index contributed by atoms with van der Waals surface area (Å²) < 4.78 is 5.53. The third-order valence-corrected chi connectivity index (χ3v) is 3.24. The van der Waals surface area contributed by atoms with Crippen LogP contribution in [0.3, 0.4) is 0 Å². The fourth-order valence-corrected chi connectivity index (χ4v) is 2.29. The lowest BCUT2D eigenvalue weighted by molar-refractivity contribution is -0.149. The molecule has 2 rings (SSSR count). The first-order valence-corrected chi connectivity index (χ1v) is 5.92. The van der Waals surface area contributed by atoms with E-state index < -0.39 is 0 Å². The molecule has 5 heteroatoms. The Hall–Kier alpha value is -0.320. The van der Waals surface area contributed by atoms with Crippen LogP contribution in [0.5, 0.6) is 0 Å². The zero-order valence-corrected chi connectivity index (χ0v) is 10.6. The maximum Gasteiger partial charge on any atom is 0.252 e. The van der Waals surface area contributed by atoms with Gasteiger partial charge in [0.1, 0.15) is 6.10 Å². The van der Waals surface area contributed by atoms with Crippen molar-refractivity contribution in [3.63, 3.8) is 0 Å². The van der Waals surface area contributed by atoms with Crippen LogP contribution in [0.15, 0.2) is 0 Å². The topological polar surface area (TPSA) is 41.6 Å². The highest BCUT2D eigenvalue weighted by atomic mass is 35.5. The lowest BCUT2D eigenvalue weighted by atomic mass is 10.1. The number of hydrogen-bond acceptors (Lipinski definition) is 3. The highest BCUT2D eigenvalue weighted by Crippen LogP contribution is 2.16. The SMILES string of the molecule is C[C@@H]1CNCCN1C(=O)C1CCCCO1.Cl. The van der Waals surface area contributed by atoms with Crippen LogP contribution in [0.2, 0.25) is 0 Å². The van der Waals surface area contributed by atoms with Crippen molar-refractivity contribution >= 4 is 18.3 Å². The maximum atomic E-state index is 12.1. The van der Waals surface area contributed by atoms with E-state index in [1.807, 2.05) is 4.90 Å². The quantitative estimate of drug-likeness (QED) is 0.746. The molecule has 0 aromatic carbocycles. The number of carbonyl (C=O) groups excluding carboxylic acids is 1. The third kappa shape index (κ3) is 3.09. The summed E-state index contributed by atoms with van der Waals surface area (Å²) in [6, 6.07) is 0.303. The Morgan fingerprint density at radius 1 is 1.44 bits per heavy atom. The van der Waals surface area contributed by atoms with Crippen LogP contribution >= 0.6 is 12.4 Å². The lowest BCUT2D eigenvalue weighted by Crippen LogP contribution is -2.55. The average Bonchev–Trinajstić information content (AvgIpc) is 2.30. The molecule has 1 N–H and O–H groups in total. The molecule has 0 aromatic rings. The van der Waals surface area contributed by atoms with E-state index in [1.165, 1.54) is 0 Å². The number of carbonyl (C=O) groups is 1. The van der Waals surface area contributed by atoms with Crippen LogP contribution in [-0.4, -0.2) is 49.2 Å². The number of amides is 1. The van der Waals surface area contributed by atoms with E-state index in [4.69, 9.17) is 4.74 Å². The third-order valence-electron chi connectivity index (χ3n) is 3.24. The van der Waals surface area contributed by atoms with Crippen LogP contribution in [-0.2, 0) is 9.53 Å². The van der Waals surface area contributed by atoms with E-state index in [-0.39, 0.29) is 24.4 Å². The first-order chi connectivity index (χ1) is 7.29. The van der Waals surface area contributed by atoms with Crippen LogP contribution < -0.4 is 5.32 Å². The normalized spacial score (nSPS) is 30.7. The van der Waals surface area contributed by atoms with Gasteiger partial charge in [-0.1, -0.05) is 0 Å². The number of nitrogens with one attached hydrogen (secondary N) is 1. The van der Waals surface area contributed by atoms with Crippen LogP contribution in [0, 0.1) is 0 Å². The fraction of sp³-hybridized carbons (Fsp3) is 0.909. The van der Waals surface area contributed by atoms with Gasteiger partial charge in [-0.3, -0.25) is 4.79 Å². The molecule has 0 bridgehead atoms. The number of nitrogens with zero attached hydrogens (tertiary/aromatic N) is 1. The Morgan fingerprint density at radius 3 is 2.88 bits per heavy atom. The molecule has 2 heterocycles. The van der Waals surface area contributed by atoms with Gasteiger partial charge in [-0.2, -0.15) is 0 Å². The standard InChI is InChI=1S/C11H20N2O2.ClH/c1-9-8-12-5-6-13(9)11(14)10-4-2-3-7-15-10;/h9-10,12H,2-8H2,1H3;1H/t9-,10?;/m1./s1. The maximum absolute atomic E-state index is 12.1. The molecule has 2 fully saturated rings. The molecule has 2 aliphatic heterocycles. The molecule has 2 atom stereocenters. The first-order valence-electron chi connectivity index (χ1n) is 5.92. The monoisotopic (exact) mass is 248 g/mol. The van der Waals surface area contributed by atoms with Gasteiger partial charge in [0.25, 0.3) is 5.91 Å². The summed E-state index contributed by atoms with van der Waals surface area (Å²) in [7, 11) is 0. The highest BCUT2D eigenvalue weighted by Gasteiger charge is 2.30. The number of halogens is 1. The van der Waals surface area contributed by atoms with Gasteiger partial charge in [0.2, 0.25) is 0 Å². The van der Waals surface area contributed by atoms with Crippen LogP contribution in [0.1, 0.15) is 26.2 Å².